The van der Waals surface area contributed by atoms with Gasteiger partial charge in [0.15, 0.2) is 0 Å². The normalized spacial score (nSPS) is 14.8. The zero-order valence-corrected chi connectivity index (χ0v) is 12.3. The van der Waals surface area contributed by atoms with E-state index in [-0.39, 0.29) is 0 Å². The molecule has 96 valence electrons. The highest BCUT2D eigenvalue weighted by molar-refractivity contribution is 7.98. The molecule has 0 fully saturated rings. The van der Waals surface area contributed by atoms with Crippen LogP contribution in [0.25, 0.3) is 21.7 Å². The molecule has 0 radical (unpaired) electrons. The molecule has 2 nitrogen and oxygen atoms in total. The minimum atomic E-state index is 1.02. The second-order valence-electron chi connectivity index (χ2n) is 4.97. The first-order chi connectivity index (χ1) is 9.29. The van der Waals surface area contributed by atoms with E-state index in [2.05, 4.69) is 36.2 Å². The maximum Gasteiger partial charge on any atom is 0.148 e. The quantitative estimate of drug-likeness (QED) is 0.718. The largest absolute Gasteiger partial charge is 0.337 e. The second kappa shape index (κ2) is 4.39. The summed E-state index contributed by atoms with van der Waals surface area (Å²) in [6, 6.07) is 8.68. The van der Waals surface area contributed by atoms with Gasteiger partial charge in [0.25, 0.3) is 0 Å². The number of hydrogen-bond acceptors (Lipinski definition) is 3. The van der Waals surface area contributed by atoms with Crippen LogP contribution in [0.2, 0.25) is 0 Å². The van der Waals surface area contributed by atoms with Crippen LogP contribution in [0.3, 0.4) is 0 Å². The molecule has 0 saturated carbocycles. The number of imidazole rings is 1. The van der Waals surface area contributed by atoms with Gasteiger partial charge in [0.1, 0.15) is 5.82 Å². The Labute approximate surface area is 120 Å². The Morgan fingerprint density at radius 2 is 2.21 bits per heavy atom. The molecule has 3 heterocycles. The number of aromatic amines is 1. The highest BCUT2D eigenvalue weighted by Crippen LogP contribution is 2.36. The van der Waals surface area contributed by atoms with Crippen molar-refractivity contribution in [3.63, 3.8) is 0 Å². The van der Waals surface area contributed by atoms with E-state index < -0.39 is 0 Å². The van der Waals surface area contributed by atoms with Crippen molar-refractivity contribution in [3.8, 4) is 10.7 Å². The number of aryl methyl sites for hydroxylation is 2. The molecule has 0 bridgehead atoms. The number of benzene rings is 1. The molecular weight excluding hydrogens is 272 g/mol. The summed E-state index contributed by atoms with van der Waals surface area (Å²) in [6.45, 7) is 2.11. The molecule has 19 heavy (non-hydrogen) atoms. The van der Waals surface area contributed by atoms with Gasteiger partial charge in [0.2, 0.25) is 0 Å². The van der Waals surface area contributed by atoms with Crippen LogP contribution in [0.1, 0.15) is 16.0 Å². The summed E-state index contributed by atoms with van der Waals surface area (Å²) in [6.07, 6.45) is 1.21. The van der Waals surface area contributed by atoms with E-state index in [1.165, 1.54) is 28.2 Å². The lowest BCUT2D eigenvalue weighted by Crippen LogP contribution is -1.96. The molecule has 0 atom stereocenters. The van der Waals surface area contributed by atoms with Gasteiger partial charge < -0.3 is 4.98 Å². The first-order valence-corrected chi connectivity index (χ1v) is 8.43. The predicted octanol–water partition coefficient (Wildman–Crippen LogP) is 4.39. The summed E-state index contributed by atoms with van der Waals surface area (Å²) < 4.78 is 0. The van der Waals surface area contributed by atoms with Crippen LogP contribution in [0.4, 0.5) is 0 Å². The van der Waals surface area contributed by atoms with Gasteiger partial charge in [-0.1, -0.05) is 6.07 Å². The van der Waals surface area contributed by atoms with Crippen LogP contribution >= 0.6 is 23.1 Å². The molecule has 1 aliphatic heterocycles. The summed E-state index contributed by atoms with van der Waals surface area (Å²) in [7, 11) is 0. The van der Waals surface area contributed by atoms with Crippen molar-refractivity contribution < 1.29 is 0 Å². The second-order valence-corrected chi connectivity index (χ2v) is 7.21. The number of H-pyrrole nitrogens is 1. The number of thiophene rings is 1. The number of aromatic nitrogens is 2. The lowest BCUT2D eigenvalue weighted by Gasteiger charge is -2.08. The third kappa shape index (κ3) is 1.99. The lowest BCUT2D eigenvalue weighted by molar-refractivity contribution is 1.13. The number of nitrogens with one attached hydrogen (secondary N) is 1. The number of thioether (sulfide) groups is 1. The van der Waals surface area contributed by atoms with E-state index >= 15 is 0 Å². The summed E-state index contributed by atoms with van der Waals surface area (Å²) >= 11 is 3.93. The van der Waals surface area contributed by atoms with Gasteiger partial charge in [-0.25, -0.2) is 4.98 Å². The molecule has 3 aromatic rings. The topological polar surface area (TPSA) is 28.7 Å². The van der Waals surface area contributed by atoms with Crippen molar-refractivity contribution in [1.82, 2.24) is 9.97 Å². The molecule has 0 aliphatic carbocycles. The molecule has 2 aromatic heterocycles. The fourth-order valence-electron chi connectivity index (χ4n) is 2.50. The molecule has 0 saturated heterocycles. The van der Waals surface area contributed by atoms with Crippen LogP contribution in [0.15, 0.2) is 24.3 Å². The molecular formula is C15H14N2S2. The minimum absolute atomic E-state index is 1.02. The summed E-state index contributed by atoms with van der Waals surface area (Å²) in [5, 5.41) is 0. The van der Waals surface area contributed by atoms with Crippen LogP contribution in [-0.2, 0) is 12.2 Å². The summed E-state index contributed by atoms with van der Waals surface area (Å²) in [4.78, 5) is 11.0. The molecule has 4 heteroatoms. The summed E-state index contributed by atoms with van der Waals surface area (Å²) in [5.41, 5.74) is 4.97. The molecule has 1 aliphatic rings. The molecule has 0 amide bonds. The van der Waals surface area contributed by atoms with E-state index in [1.54, 1.807) is 4.88 Å². The van der Waals surface area contributed by atoms with Gasteiger partial charge in [-0.05, 0) is 48.4 Å². The van der Waals surface area contributed by atoms with E-state index in [1.807, 2.05) is 23.1 Å². The molecule has 0 spiro atoms. The van der Waals surface area contributed by atoms with Crippen LogP contribution in [-0.4, -0.2) is 15.7 Å². The highest BCUT2D eigenvalue weighted by atomic mass is 32.2. The number of nitrogens with zero attached hydrogens (tertiary/aromatic N) is 1. The van der Waals surface area contributed by atoms with Crippen LogP contribution in [0.5, 0.6) is 0 Å². The maximum atomic E-state index is 4.72. The van der Waals surface area contributed by atoms with Crippen LogP contribution in [0, 0.1) is 6.92 Å². The minimum Gasteiger partial charge on any atom is -0.337 e. The lowest BCUT2D eigenvalue weighted by atomic mass is 10.2. The smallest absolute Gasteiger partial charge is 0.148 e. The summed E-state index contributed by atoms with van der Waals surface area (Å²) in [5.74, 6) is 3.43. The Kier molecular flexibility index (Phi) is 2.67. The third-order valence-corrected chi connectivity index (χ3v) is 5.75. The van der Waals surface area contributed by atoms with E-state index in [0.717, 1.165) is 22.6 Å². The fourth-order valence-corrected chi connectivity index (χ4v) is 4.82. The van der Waals surface area contributed by atoms with Crippen molar-refractivity contribution in [2.45, 2.75) is 19.1 Å². The van der Waals surface area contributed by atoms with Gasteiger partial charge in [0, 0.05) is 10.6 Å². The number of fused-ring (bicyclic) bond motifs is 2. The monoisotopic (exact) mass is 286 g/mol. The van der Waals surface area contributed by atoms with Gasteiger partial charge >= 0.3 is 0 Å². The van der Waals surface area contributed by atoms with Crippen LogP contribution < -0.4 is 0 Å². The zero-order valence-electron chi connectivity index (χ0n) is 10.7. The molecule has 0 unspecified atom stereocenters. The van der Waals surface area contributed by atoms with Gasteiger partial charge in [-0.2, -0.15) is 11.8 Å². The van der Waals surface area contributed by atoms with Crippen molar-refractivity contribution in [3.05, 3.63) is 40.3 Å². The average Bonchev–Trinajstić information content (AvgIpc) is 3.00. The van der Waals surface area contributed by atoms with Gasteiger partial charge in [-0.3, -0.25) is 0 Å². The van der Waals surface area contributed by atoms with Gasteiger partial charge in [-0.15, -0.1) is 11.3 Å². The third-order valence-electron chi connectivity index (χ3n) is 3.50. The fraction of sp³-hybridized carbons (Fsp3) is 0.267. The molecule has 1 aromatic carbocycles. The Balaban J connectivity index is 1.83. The Hall–Kier alpha value is -1.26. The predicted molar refractivity (Wildman–Crippen MR) is 84.0 cm³/mol. The average molecular weight is 286 g/mol. The Bertz CT molecular complexity index is 731. The van der Waals surface area contributed by atoms with Gasteiger partial charge in [0.05, 0.1) is 15.9 Å². The van der Waals surface area contributed by atoms with Crippen molar-refractivity contribution in [2.75, 3.05) is 5.75 Å². The van der Waals surface area contributed by atoms with Crippen molar-refractivity contribution in [1.29, 1.82) is 0 Å². The van der Waals surface area contributed by atoms with E-state index in [4.69, 9.17) is 4.98 Å². The first-order valence-electron chi connectivity index (χ1n) is 6.46. The SMILES string of the molecule is Cc1ccc2nc(-c3cc4c(s3)CCSC4)[nH]c2c1. The highest BCUT2D eigenvalue weighted by Gasteiger charge is 2.16. The standard InChI is InChI=1S/C15H14N2S2/c1-9-2-3-11-12(6-9)17-15(16-11)14-7-10-8-18-5-4-13(10)19-14/h2-3,6-7H,4-5,8H2,1H3,(H,16,17). The Morgan fingerprint density at radius 1 is 1.26 bits per heavy atom. The zero-order chi connectivity index (χ0) is 12.8. The van der Waals surface area contributed by atoms with Crippen molar-refractivity contribution in [2.24, 2.45) is 0 Å². The molecule has 4 rings (SSSR count). The first kappa shape index (κ1) is 11.6. The maximum absolute atomic E-state index is 4.72. The number of hydrogen-bond donors (Lipinski definition) is 1. The molecule has 1 N–H and O–H groups in total. The van der Waals surface area contributed by atoms with E-state index in [0.29, 0.717) is 0 Å². The van der Waals surface area contributed by atoms with Crippen molar-refractivity contribution >= 4 is 34.1 Å². The van der Waals surface area contributed by atoms with E-state index in [9.17, 15) is 0 Å². The Morgan fingerprint density at radius 3 is 3.11 bits per heavy atom. The number of rotatable bonds is 1.